The molecule has 6 rings (SSSR count). The number of amides is 1. The van der Waals surface area contributed by atoms with E-state index < -0.39 is 0 Å². The molecule has 10 heteroatoms. The van der Waals surface area contributed by atoms with Crippen LogP contribution < -0.4 is 20.3 Å². The quantitative estimate of drug-likeness (QED) is 0.0945. The SMILES string of the molecule is CC=CC(=O)Nc1cccc(-n2cnc3c(N(Cc4ccccc4)Cc4ccccc4)nc(Nc4ccc(OCCOC)cc4)nc32)c1. The molecular formula is C38H37N7O3. The highest BCUT2D eigenvalue weighted by Gasteiger charge is 2.21. The van der Waals surface area contributed by atoms with Crippen LogP contribution in [0.2, 0.25) is 0 Å². The molecule has 6 aromatic rings. The van der Waals surface area contributed by atoms with E-state index in [9.17, 15) is 4.79 Å². The summed E-state index contributed by atoms with van der Waals surface area (Å²) in [5.74, 6) is 1.64. The van der Waals surface area contributed by atoms with Crippen molar-refractivity contribution in [2.75, 3.05) is 35.9 Å². The van der Waals surface area contributed by atoms with Gasteiger partial charge in [-0.1, -0.05) is 72.8 Å². The third-order valence-corrected chi connectivity index (χ3v) is 7.49. The standard InChI is InChI=1S/C38H37N7O3/c1-3-11-34(46)40-31-16-10-17-32(24-31)45-27-39-35-36(44(25-28-12-6-4-7-13-28)26-29-14-8-5-9-15-29)42-38(43-37(35)45)41-30-18-20-33(21-19-30)48-23-22-47-2/h3-21,24,27H,22-23,25-26H2,1-2H3,(H,40,46)(H,41,42,43). The van der Waals surface area contributed by atoms with Gasteiger partial charge in [0.05, 0.1) is 12.3 Å². The zero-order chi connectivity index (χ0) is 33.1. The van der Waals surface area contributed by atoms with Crippen LogP contribution >= 0.6 is 0 Å². The van der Waals surface area contributed by atoms with Gasteiger partial charge in [0.15, 0.2) is 17.0 Å². The summed E-state index contributed by atoms with van der Waals surface area (Å²) in [4.78, 5) is 29.4. The van der Waals surface area contributed by atoms with E-state index in [1.54, 1.807) is 26.4 Å². The van der Waals surface area contributed by atoms with E-state index in [1.807, 2.05) is 89.5 Å². The number of carbonyl (C=O) groups is 1. The molecule has 0 bridgehead atoms. The predicted octanol–water partition coefficient (Wildman–Crippen LogP) is 7.31. The third kappa shape index (κ3) is 8.04. The number of anilines is 4. The average molecular weight is 640 g/mol. The molecular weight excluding hydrogens is 602 g/mol. The van der Waals surface area contributed by atoms with Crippen molar-refractivity contribution in [3.63, 3.8) is 0 Å². The third-order valence-electron chi connectivity index (χ3n) is 7.49. The van der Waals surface area contributed by atoms with Crippen LogP contribution in [-0.2, 0) is 22.6 Å². The maximum atomic E-state index is 12.3. The fourth-order valence-electron chi connectivity index (χ4n) is 5.24. The molecule has 4 aromatic carbocycles. The fraction of sp³-hybridized carbons (Fsp3) is 0.158. The van der Waals surface area contributed by atoms with E-state index in [0.717, 1.165) is 28.3 Å². The summed E-state index contributed by atoms with van der Waals surface area (Å²) >= 11 is 0. The predicted molar refractivity (Wildman–Crippen MR) is 190 cm³/mol. The molecule has 48 heavy (non-hydrogen) atoms. The Morgan fingerprint density at radius 1 is 0.833 bits per heavy atom. The Kier molecular flexibility index (Phi) is 10.3. The van der Waals surface area contributed by atoms with Crippen molar-refractivity contribution in [2.24, 2.45) is 0 Å². The lowest BCUT2D eigenvalue weighted by Gasteiger charge is -2.25. The second-order valence-corrected chi connectivity index (χ2v) is 11.0. The van der Waals surface area contributed by atoms with E-state index in [0.29, 0.717) is 54.9 Å². The molecule has 2 N–H and O–H groups in total. The van der Waals surface area contributed by atoms with Crippen molar-refractivity contribution in [1.29, 1.82) is 0 Å². The highest BCUT2D eigenvalue weighted by molar-refractivity contribution is 5.99. The van der Waals surface area contributed by atoms with Gasteiger partial charge in [-0.3, -0.25) is 9.36 Å². The van der Waals surface area contributed by atoms with E-state index >= 15 is 0 Å². The number of ether oxygens (including phenoxy) is 2. The topological polar surface area (TPSA) is 106 Å². The van der Waals surface area contributed by atoms with Crippen LogP contribution in [0, 0.1) is 0 Å². The molecule has 0 atom stereocenters. The highest BCUT2D eigenvalue weighted by atomic mass is 16.5. The second-order valence-electron chi connectivity index (χ2n) is 11.0. The van der Waals surface area contributed by atoms with Crippen molar-refractivity contribution < 1.29 is 14.3 Å². The van der Waals surface area contributed by atoms with Crippen molar-refractivity contribution in [3.8, 4) is 11.4 Å². The number of rotatable bonds is 14. The Bertz CT molecular complexity index is 1940. The van der Waals surface area contributed by atoms with Crippen LogP contribution in [0.25, 0.3) is 16.9 Å². The molecule has 242 valence electrons. The average Bonchev–Trinajstić information content (AvgIpc) is 3.54. The first-order valence-corrected chi connectivity index (χ1v) is 15.7. The first kappa shape index (κ1) is 32.0. The highest BCUT2D eigenvalue weighted by Crippen LogP contribution is 2.31. The van der Waals surface area contributed by atoms with Crippen LogP contribution in [0.5, 0.6) is 5.75 Å². The summed E-state index contributed by atoms with van der Waals surface area (Å²) < 4.78 is 12.7. The van der Waals surface area contributed by atoms with Gasteiger partial charge >= 0.3 is 0 Å². The van der Waals surface area contributed by atoms with Gasteiger partial charge in [0.25, 0.3) is 0 Å². The van der Waals surface area contributed by atoms with E-state index in [2.05, 4.69) is 39.8 Å². The van der Waals surface area contributed by atoms with Crippen LogP contribution in [0.15, 0.2) is 128 Å². The normalized spacial score (nSPS) is 11.1. The first-order valence-electron chi connectivity index (χ1n) is 15.7. The molecule has 0 spiro atoms. The molecule has 0 saturated heterocycles. The van der Waals surface area contributed by atoms with Gasteiger partial charge in [-0.05, 0) is 66.6 Å². The molecule has 1 amide bonds. The molecule has 0 fully saturated rings. The van der Waals surface area contributed by atoms with Gasteiger partial charge in [-0.2, -0.15) is 9.97 Å². The van der Waals surface area contributed by atoms with Gasteiger partial charge in [0.2, 0.25) is 11.9 Å². The number of hydrogen-bond donors (Lipinski definition) is 2. The van der Waals surface area contributed by atoms with E-state index in [-0.39, 0.29) is 5.91 Å². The smallest absolute Gasteiger partial charge is 0.248 e. The number of hydrogen-bond acceptors (Lipinski definition) is 8. The maximum absolute atomic E-state index is 12.3. The molecule has 0 saturated carbocycles. The summed E-state index contributed by atoms with van der Waals surface area (Å²) in [5, 5.41) is 6.31. The number of nitrogens with one attached hydrogen (secondary N) is 2. The molecule has 2 heterocycles. The van der Waals surface area contributed by atoms with Gasteiger partial charge in [0, 0.05) is 31.6 Å². The molecule has 0 radical (unpaired) electrons. The number of aromatic nitrogens is 4. The Morgan fingerprint density at radius 2 is 1.54 bits per heavy atom. The minimum atomic E-state index is -0.200. The lowest BCUT2D eigenvalue weighted by molar-refractivity contribution is -0.111. The number of nitrogens with zero attached hydrogens (tertiary/aromatic N) is 5. The van der Waals surface area contributed by atoms with Crippen molar-refractivity contribution in [2.45, 2.75) is 20.0 Å². The van der Waals surface area contributed by atoms with E-state index in [4.69, 9.17) is 24.4 Å². The Balaban J connectivity index is 1.43. The minimum Gasteiger partial charge on any atom is -0.491 e. The van der Waals surface area contributed by atoms with E-state index in [1.165, 1.54) is 6.08 Å². The number of benzene rings is 4. The summed E-state index contributed by atoms with van der Waals surface area (Å²) in [6.45, 7) is 4.00. The molecule has 2 aromatic heterocycles. The molecule has 0 unspecified atom stereocenters. The summed E-state index contributed by atoms with van der Waals surface area (Å²) in [5.41, 5.74) is 5.80. The number of carbonyl (C=O) groups excluding carboxylic acids is 1. The Hall–Kier alpha value is -6.00. The summed E-state index contributed by atoms with van der Waals surface area (Å²) in [6, 6.07) is 35.9. The lowest BCUT2D eigenvalue weighted by Crippen LogP contribution is -2.24. The molecule has 0 aliphatic carbocycles. The number of allylic oxidation sites excluding steroid dienone is 1. The van der Waals surface area contributed by atoms with Crippen molar-refractivity contribution in [3.05, 3.63) is 139 Å². The van der Waals surface area contributed by atoms with Crippen LogP contribution in [0.3, 0.4) is 0 Å². The fourth-order valence-corrected chi connectivity index (χ4v) is 5.24. The zero-order valence-corrected chi connectivity index (χ0v) is 26.9. The second kappa shape index (κ2) is 15.5. The maximum Gasteiger partial charge on any atom is 0.248 e. The monoisotopic (exact) mass is 639 g/mol. The summed E-state index contributed by atoms with van der Waals surface area (Å²) in [6.07, 6.45) is 4.94. The number of fused-ring (bicyclic) bond motifs is 1. The van der Waals surface area contributed by atoms with Crippen molar-refractivity contribution >= 4 is 40.2 Å². The van der Waals surface area contributed by atoms with Crippen LogP contribution in [-0.4, -0.2) is 45.7 Å². The minimum absolute atomic E-state index is 0.200. The zero-order valence-electron chi connectivity index (χ0n) is 26.9. The van der Waals surface area contributed by atoms with Crippen molar-refractivity contribution in [1.82, 2.24) is 19.5 Å². The molecule has 10 nitrogen and oxygen atoms in total. The molecule has 0 aliphatic heterocycles. The lowest BCUT2D eigenvalue weighted by atomic mass is 10.1. The van der Waals surface area contributed by atoms with Crippen LogP contribution in [0.4, 0.5) is 23.1 Å². The molecule has 0 aliphatic rings. The Morgan fingerprint density at radius 3 is 2.21 bits per heavy atom. The summed E-state index contributed by atoms with van der Waals surface area (Å²) in [7, 11) is 1.65. The first-order chi connectivity index (χ1) is 23.6. The van der Waals surface area contributed by atoms with Gasteiger partial charge in [-0.15, -0.1) is 0 Å². The van der Waals surface area contributed by atoms with Gasteiger partial charge < -0.3 is 25.0 Å². The van der Waals surface area contributed by atoms with Gasteiger partial charge in [-0.25, -0.2) is 4.98 Å². The largest absolute Gasteiger partial charge is 0.491 e. The Labute approximate surface area is 279 Å². The number of imidazole rings is 1. The van der Waals surface area contributed by atoms with Gasteiger partial charge in [0.1, 0.15) is 18.7 Å². The van der Waals surface area contributed by atoms with Crippen LogP contribution in [0.1, 0.15) is 18.1 Å². The number of methoxy groups -OCH3 is 1.